The van der Waals surface area contributed by atoms with E-state index in [1.807, 2.05) is 0 Å². The second-order valence-electron chi connectivity index (χ2n) is 4.09. The van der Waals surface area contributed by atoms with Crippen LogP contribution in [0.15, 0.2) is 18.2 Å². The van der Waals surface area contributed by atoms with Crippen LogP contribution in [0.2, 0.25) is 0 Å². The average Bonchev–Trinajstić information content (AvgIpc) is 2.44. The van der Waals surface area contributed by atoms with Crippen molar-refractivity contribution < 1.29 is 23.8 Å². The minimum absolute atomic E-state index is 0.0657. The van der Waals surface area contributed by atoms with E-state index in [2.05, 4.69) is 4.74 Å². The van der Waals surface area contributed by atoms with Gasteiger partial charge in [0.25, 0.3) is 0 Å². The summed E-state index contributed by atoms with van der Waals surface area (Å²) < 4.78 is 14.9. The maximum absolute atomic E-state index is 12.2. The summed E-state index contributed by atoms with van der Waals surface area (Å²) in [7, 11) is 4.27. The lowest BCUT2D eigenvalue weighted by atomic mass is 9.99. The van der Waals surface area contributed by atoms with E-state index in [-0.39, 0.29) is 12.2 Å². The summed E-state index contributed by atoms with van der Waals surface area (Å²) in [5.74, 6) is -0.219. The first-order valence-corrected chi connectivity index (χ1v) is 5.87. The number of esters is 1. The summed E-state index contributed by atoms with van der Waals surface area (Å²) in [6.07, 6.45) is 0.0657. The molecule has 0 aliphatic carbocycles. The van der Waals surface area contributed by atoms with E-state index in [1.165, 1.54) is 21.3 Å². The number of ether oxygens (including phenoxy) is 3. The van der Waals surface area contributed by atoms with Gasteiger partial charge in [-0.15, -0.1) is 0 Å². The molecule has 19 heavy (non-hydrogen) atoms. The van der Waals surface area contributed by atoms with Gasteiger partial charge < -0.3 is 14.2 Å². The van der Waals surface area contributed by atoms with Gasteiger partial charge in [-0.05, 0) is 12.1 Å². The fourth-order valence-corrected chi connectivity index (χ4v) is 1.78. The van der Waals surface area contributed by atoms with Gasteiger partial charge in [-0.25, -0.2) is 0 Å². The van der Waals surface area contributed by atoms with Crippen LogP contribution in [0.5, 0.6) is 11.5 Å². The quantitative estimate of drug-likeness (QED) is 0.582. The van der Waals surface area contributed by atoms with Crippen LogP contribution < -0.4 is 9.47 Å². The standard InChI is InChI=1S/C14H18O5/c1-9(14(16)19-4)8-11(15)10-6-5-7-12(17-2)13(10)18-3/h5-7,9H,8H2,1-4H3. The van der Waals surface area contributed by atoms with Crippen LogP contribution in [0, 0.1) is 5.92 Å². The number of Topliss-reactive ketones (excluding diaryl/α,β-unsaturated/α-hetero) is 1. The number of hydrogen-bond donors (Lipinski definition) is 0. The first-order valence-electron chi connectivity index (χ1n) is 5.87. The summed E-state index contributed by atoms with van der Waals surface area (Å²) in [5, 5.41) is 0. The minimum atomic E-state index is -0.492. The summed E-state index contributed by atoms with van der Waals surface area (Å²) in [6.45, 7) is 1.65. The van der Waals surface area contributed by atoms with E-state index < -0.39 is 11.9 Å². The van der Waals surface area contributed by atoms with Gasteiger partial charge in [0.05, 0.1) is 32.8 Å². The molecule has 1 atom stereocenters. The smallest absolute Gasteiger partial charge is 0.308 e. The van der Waals surface area contributed by atoms with Crippen LogP contribution >= 0.6 is 0 Å². The number of para-hydroxylation sites is 1. The van der Waals surface area contributed by atoms with Crippen molar-refractivity contribution in [2.24, 2.45) is 5.92 Å². The second kappa shape index (κ2) is 6.78. The molecule has 0 N–H and O–H groups in total. The molecule has 0 fully saturated rings. The van der Waals surface area contributed by atoms with Crippen LogP contribution in [-0.4, -0.2) is 33.1 Å². The molecule has 0 aliphatic rings. The second-order valence-corrected chi connectivity index (χ2v) is 4.09. The fourth-order valence-electron chi connectivity index (χ4n) is 1.78. The van der Waals surface area contributed by atoms with Crippen molar-refractivity contribution in [1.82, 2.24) is 0 Å². The Morgan fingerprint density at radius 3 is 2.37 bits per heavy atom. The van der Waals surface area contributed by atoms with Crippen LogP contribution in [-0.2, 0) is 9.53 Å². The van der Waals surface area contributed by atoms with E-state index in [1.54, 1.807) is 25.1 Å². The molecular weight excluding hydrogens is 248 g/mol. The van der Waals surface area contributed by atoms with Gasteiger partial charge in [-0.1, -0.05) is 13.0 Å². The molecule has 1 rings (SSSR count). The predicted molar refractivity (Wildman–Crippen MR) is 69.7 cm³/mol. The average molecular weight is 266 g/mol. The molecule has 0 amide bonds. The number of benzene rings is 1. The topological polar surface area (TPSA) is 61.8 Å². The molecule has 0 saturated carbocycles. The zero-order valence-electron chi connectivity index (χ0n) is 11.6. The van der Waals surface area contributed by atoms with Crippen molar-refractivity contribution in [3.8, 4) is 11.5 Å². The van der Waals surface area contributed by atoms with Crippen molar-refractivity contribution in [1.29, 1.82) is 0 Å². The third-order valence-electron chi connectivity index (χ3n) is 2.80. The van der Waals surface area contributed by atoms with Crippen molar-refractivity contribution in [3.63, 3.8) is 0 Å². The highest BCUT2D eigenvalue weighted by Gasteiger charge is 2.22. The van der Waals surface area contributed by atoms with Gasteiger partial charge >= 0.3 is 5.97 Å². The number of rotatable bonds is 6. The van der Waals surface area contributed by atoms with Gasteiger partial charge in [0.2, 0.25) is 0 Å². The van der Waals surface area contributed by atoms with Gasteiger partial charge in [-0.3, -0.25) is 9.59 Å². The van der Waals surface area contributed by atoms with Gasteiger partial charge in [0.1, 0.15) is 0 Å². The Labute approximate surface area is 112 Å². The summed E-state index contributed by atoms with van der Waals surface area (Å²) >= 11 is 0. The molecule has 0 aromatic heterocycles. The van der Waals surface area contributed by atoms with Crippen LogP contribution in [0.4, 0.5) is 0 Å². The third-order valence-corrected chi connectivity index (χ3v) is 2.80. The lowest BCUT2D eigenvalue weighted by molar-refractivity contribution is -0.144. The summed E-state index contributed by atoms with van der Waals surface area (Å²) in [6, 6.07) is 5.06. The number of hydrogen-bond acceptors (Lipinski definition) is 5. The van der Waals surface area contributed by atoms with Crippen LogP contribution in [0.3, 0.4) is 0 Å². The lowest BCUT2D eigenvalue weighted by Crippen LogP contribution is -2.17. The Morgan fingerprint density at radius 1 is 1.16 bits per heavy atom. The molecule has 0 spiro atoms. The zero-order chi connectivity index (χ0) is 14.4. The fraction of sp³-hybridized carbons (Fsp3) is 0.429. The zero-order valence-corrected chi connectivity index (χ0v) is 11.6. The highest BCUT2D eigenvalue weighted by Crippen LogP contribution is 2.32. The first-order chi connectivity index (χ1) is 9.04. The molecule has 5 heteroatoms. The first kappa shape index (κ1) is 15.0. The summed E-state index contributed by atoms with van der Waals surface area (Å²) in [4.78, 5) is 23.5. The van der Waals surface area contributed by atoms with Crippen LogP contribution in [0.25, 0.3) is 0 Å². The Kier molecular flexibility index (Phi) is 5.36. The summed E-state index contributed by atoms with van der Waals surface area (Å²) in [5.41, 5.74) is 0.401. The normalized spacial score (nSPS) is 11.6. The van der Waals surface area contributed by atoms with E-state index in [4.69, 9.17) is 9.47 Å². The van der Waals surface area contributed by atoms with Gasteiger partial charge in [-0.2, -0.15) is 0 Å². The number of carbonyl (C=O) groups excluding carboxylic acids is 2. The van der Waals surface area contributed by atoms with E-state index in [0.717, 1.165) is 0 Å². The molecule has 0 radical (unpaired) electrons. The molecule has 1 aromatic rings. The van der Waals surface area contributed by atoms with Crippen molar-refractivity contribution in [3.05, 3.63) is 23.8 Å². The van der Waals surface area contributed by atoms with Crippen molar-refractivity contribution >= 4 is 11.8 Å². The lowest BCUT2D eigenvalue weighted by Gasteiger charge is -2.13. The Hall–Kier alpha value is -2.04. The molecule has 104 valence electrons. The highest BCUT2D eigenvalue weighted by molar-refractivity contribution is 6.01. The van der Waals surface area contributed by atoms with Crippen LogP contribution in [0.1, 0.15) is 23.7 Å². The van der Waals surface area contributed by atoms with Crippen molar-refractivity contribution in [2.45, 2.75) is 13.3 Å². The molecule has 5 nitrogen and oxygen atoms in total. The predicted octanol–water partition coefficient (Wildman–Crippen LogP) is 2.09. The van der Waals surface area contributed by atoms with E-state index >= 15 is 0 Å². The number of methoxy groups -OCH3 is 3. The molecule has 0 bridgehead atoms. The largest absolute Gasteiger partial charge is 0.493 e. The van der Waals surface area contributed by atoms with Gasteiger partial charge in [0.15, 0.2) is 17.3 Å². The number of ketones is 1. The highest BCUT2D eigenvalue weighted by atomic mass is 16.5. The SMILES string of the molecule is COC(=O)C(C)CC(=O)c1cccc(OC)c1OC. The van der Waals surface area contributed by atoms with E-state index in [9.17, 15) is 9.59 Å². The monoisotopic (exact) mass is 266 g/mol. The van der Waals surface area contributed by atoms with Crippen molar-refractivity contribution in [2.75, 3.05) is 21.3 Å². The maximum Gasteiger partial charge on any atom is 0.308 e. The maximum atomic E-state index is 12.2. The molecule has 0 heterocycles. The molecule has 1 unspecified atom stereocenters. The number of carbonyl (C=O) groups is 2. The van der Waals surface area contributed by atoms with Gasteiger partial charge in [0, 0.05) is 6.42 Å². The molecular formula is C14H18O5. The molecule has 1 aromatic carbocycles. The Balaban J connectivity index is 2.97. The Bertz CT molecular complexity index is 467. The Morgan fingerprint density at radius 2 is 1.84 bits per heavy atom. The van der Waals surface area contributed by atoms with E-state index in [0.29, 0.717) is 17.1 Å². The molecule has 0 saturated heterocycles. The third kappa shape index (κ3) is 3.47. The minimum Gasteiger partial charge on any atom is -0.493 e. The molecule has 0 aliphatic heterocycles.